The topological polar surface area (TPSA) is 45.5 Å². The first-order valence-corrected chi connectivity index (χ1v) is 7.47. The Morgan fingerprint density at radius 3 is 2.85 bits per heavy atom. The predicted molar refractivity (Wildman–Crippen MR) is 88.9 cm³/mol. The van der Waals surface area contributed by atoms with Crippen LogP contribution in [0.5, 0.6) is 5.75 Å². The van der Waals surface area contributed by atoms with Gasteiger partial charge in [0.2, 0.25) is 0 Å². The lowest BCUT2D eigenvalue weighted by atomic mass is 10.1. The summed E-state index contributed by atoms with van der Waals surface area (Å²) in [7, 11) is 0. The van der Waals surface area contributed by atoms with Gasteiger partial charge in [-0.2, -0.15) is 0 Å². The molecule has 3 nitrogen and oxygen atoms in total. The van der Waals surface area contributed by atoms with Gasteiger partial charge in [-0.25, -0.2) is 9.98 Å². The second-order valence-corrected chi connectivity index (χ2v) is 5.83. The Morgan fingerprint density at radius 1 is 1.35 bits per heavy atom. The average Bonchev–Trinajstić information content (AvgIpc) is 2.42. The fraction of sp³-hybridized carbons (Fsp3) is 0.0667. The highest BCUT2D eigenvalue weighted by atomic mass is 79.9. The van der Waals surface area contributed by atoms with Gasteiger partial charge >= 0.3 is 0 Å². The summed E-state index contributed by atoms with van der Waals surface area (Å²) in [5.41, 5.74) is 1.48. The molecule has 0 aliphatic carbocycles. The van der Waals surface area contributed by atoms with E-state index in [2.05, 4.69) is 48.4 Å². The van der Waals surface area contributed by atoms with E-state index < -0.39 is 0 Å². The Morgan fingerprint density at radius 2 is 2.15 bits per heavy atom. The average molecular weight is 396 g/mol. The largest absolute Gasteiger partial charge is 0.507 e. The summed E-state index contributed by atoms with van der Waals surface area (Å²) in [5.74, 6) is 0.783. The number of aromatic nitrogens is 1. The van der Waals surface area contributed by atoms with E-state index in [1.165, 1.54) is 0 Å². The van der Waals surface area contributed by atoms with E-state index in [0.717, 1.165) is 14.5 Å². The molecule has 0 aliphatic heterocycles. The maximum atomic E-state index is 10.1. The monoisotopic (exact) mass is 394 g/mol. The number of hydrogen-bond acceptors (Lipinski definition) is 3. The predicted octanol–water partition coefficient (Wildman–Crippen LogP) is 4.79. The van der Waals surface area contributed by atoms with Gasteiger partial charge in [-0.3, -0.25) is 0 Å². The van der Waals surface area contributed by atoms with Crippen molar-refractivity contribution in [2.45, 2.75) is 6.42 Å². The standard InChI is InChI=1S/C15H12Br2N2O/c1-2-4-10-5-3-6-11(14(10)20)8-18-15-13(17)7-12(16)9-19-15/h2-3,5-9,20H,1,4H2. The molecule has 20 heavy (non-hydrogen) atoms. The Kier molecular flexibility index (Phi) is 5.09. The van der Waals surface area contributed by atoms with Crippen LogP contribution in [0.3, 0.4) is 0 Å². The van der Waals surface area contributed by atoms with Gasteiger partial charge in [-0.1, -0.05) is 18.2 Å². The van der Waals surface area contributed by atoms with E-state index in [9.17, 15) is 5.11 Å². The van der Waals surface area contributed by atoms with Crippen molar-refractivity contribution >= 4 is 43.9 Å². The van der Waals surface area contributed by atoms with E-state index in [1.807, 2.05) is 18.2 Å². The molecule has 1 heterocycles. The highest BCUT2D eigenvalue weighted by molar-refractivity contribution is 9.11. The lowest BCUT2D eigenvalue weighted by Crippen LogP contribution is -1.89. The molecule has 1 aromatic carbocycles. The van der Waals surface area contributed by atoms with Crippen molar-refractivity contribution in [1.29, 1.82) is 0 Å². The third kappa shape index (κ3) is 3.55. The van der Waals surface area contributed by atoms with Gasteiger partial charge in [0.05, 0.1) is 4.47 Å². The summed E-state index contributed by atoms with van der Waals surface area (Å²) in [6, 6.07) is 7.41. The fourth-order valence-electron chi connectivity index (χ4n) is 1.67. The summed E-state index contributed by atoms with van der Waals surface area (Å²) in [4.78, 5) is 8.48. The van der Waals surface area contributed by atoms with Gasteiger partial charge < -0.3 is 5.11 Å². The molecule has 5 heteroatoms. The number of aromatic hydroxyl groups is 1. The van der Waals surface area contributed by atoms with E-state index in [1.54, 1.807) is 24.6 Å². The lowest BCUT2D eigenvalue weighted by molar-refractivity contribution is 0.469. The molecule has 0 radical (unpaired) electrons. The van der Waals surface area contributed by atoms with Crippen LogP contribution in [0.1, 0.15) is 11.1 Å². The molecule has 2 aromatic rings. The molecule has 102 valence electrons. The number of para-hydroxylation sites is 1. The summed E-state index contributed by atoms with van der Waals surface area (Å²) < 4.78 is 1.66. The Labute approximate surface area is 134 Å². The fourth-order valence-corrected chi connectivity index (χ4v) is 2.76. The zero-order chi connectivity index (χ0) is 14.5. The number of phenolic OH excluding ortho intramolecular Hbond substituents is 1. The third-order valence-electron chi connectivity index (χ3n) is 2.63. The van der Waals surface area contributed by atoms with Gasteiger partial charge in [0.1, 0.15) is 5.75 Å². The molecule has 1 aromatic heterocycles. The van der Waals surface area contributed by atoms with Crippen LogP contribution in [-0.2, 0) is 6.42 Å². The van der Waals surface area contributed by atoms with Crippen LogP contribution in [0.2, 0.25) is 0 Å². The zero-order valence-corrected chi connectivity index (χ0v) is 13.7. The smallest absolute Gasteiger partial charge is 0.166 e. The van der Waals surface area contributed by atoms with Crippen molar-refractivity contribution < 1.29 is 5.11 Å². The highest BCUT2D eigenvalue weighted by Gasteiger charge is 2.05. The van der Waals surface area contributed by atoms with Crippen LogP contribution < -0.4 is 0 Å². The maximum absolute atomic E-state index is 10.1. The molecular weight excluding hydrogens is 384 g/mol. The first-order chi connectivity index (χ1) is 9.61. The molecule has 0 fully saturated rings. The van der Waals surface area contributed by atoms with Crippen molar-refractivity contribution in [3.8, 4) is 5.75 Å². The number of rotatable bonds is 4. The number of pyridine rings is 1. The number of hydrogen-bond donors (Lipinski definition) is 1. The van der Waals surface area contributed by atoms with E-state index >= 15 is 0 Å². The minimum absolute atomic E-state index is 0.226. The summed E-state index contributed by atoms with van der Waals surface area (Å²) in [6.07, 6.45) is 5.64. The summed E-state index contributed by atoms with van der Waals surface area (Å²) >= 11 is 6.73. The van der Waals surface area contributed by atoms with Crippen LogP contribution in [0.15, 0.2) is 57.1 Å². The maximum Gasteiger partial charge on any atom is 0.166 e. The quantitative estimate of drug-likeness (QED) is 0.597. The molecular formula is C15H12Br2N2O. The number of benzene rings is 1. The number of aliphatic imine (C=N–C) groups is 1. The summed E-state index contributed by atoms with van der Waals surface area (Å²) in [6.45, 7) is 3.67. The lowest BCUT2D eigenvalue weighted by Gasteiger charge is -2.04. The summed E-state index contributed by atoms with van der Waals surface area (Å²) in [5, 5.41) is 10.1. The van der Waals surface area contributed by atoms with Gasteiger partial charge in [0, 0.05) is 22.4 Å². The number of phenols is 1. The zero-order valence-electron chi connectivity index (χ0n) is 10.6. The Hall–Kier alpha value is -1.46. The minimum atomic E-state index is 0.226. The Balaban J connectivity index is 2.31. The van der Waals surface area contributed by atoms with Crippen molar-refractivity contribution in [2.75, 3.05) is 0 Å². The van der Waals surface area contributed by atoms with E-state index in [0.29, 0.717) is 17.8 Å². The minimum Gasteiger partial charge on any atom is -0.507 e. The first-order valence-electron chi connectivity index (χ1n) is 5.88. The van der Waals surface area contributed by atoms with E-state index in [-0.39, 0.29) is 5.75 Å². The van der Waals surface area contributed by atoms with Crippen LogP contribution >= 0.6 is 31.9 Å². The van der Waals surface area contributed by atoms with Gasteiger partial charge in [-0.05, 0) is 56.0 Å². The molecule has 2 rings (SSSR count). The second-order valence-electron chi connectivity index (χ2n) is 4.06. The number of allylic oxidation sites excluding steroid dienone is 1. The molecule has 0 bridgehead atoms. The number of halogens is 2. The van der Waals surface area contributed by atoms with Gasteiger partial charge in [-0.15, -0.1) is 6.58 Å². The van der Waals surface area contributed by atoms with Crippen molar-refractivity contribution in [3.63, 3.8) is 0 Å². The molecule has 0 atom stereocenters. The second kappa shape index (κ2) is 6.81. The molecule has 0 saturated heterocycles. The normalized spacial score (nSPS) is 10.9. The molecule has 1 N–H and O–H groups in total. The molecule has 0 saturated carbocycles. The molecule has 0 amide bonds. The van der Waals surface area contributed by atoms with Crippen LogP contribution in [0.4, 0.5) is 5.82 Å². The SMILES string of the molecule is C=CCc1cccc(C=Nc2ncc(Br)cc2Br)c1O. The van der Waals surface area contributed by atoms with Crippen LogP contribution in [0, 0.1) is 0 Å². The van der Waals surface area contributed by atoms with Crippen molar-refractivity contribution in [2.24, 2.45) is 4.99 Å². The highest BCUT2D eigenvalue weighted by Crippen LogP contribution is 2.27. The Bertz CT molecular complexity index is 669. The third-order valence-corrected chi connectivity index (χ3v) is 3.65. The van der Waals surface area contributed by atoms with Crippen molar-refractivity contribution in [1.82, 2.24) is 4.98 Å². The molecule has 0 unspecified atom stereocenters. The molecule has 0 spiro atoms. The first kappa shape index (κ1) is 14.9. The van der Waals surface area contributed by atoms with Crippen LogP contribution in [0.25, 0.3) is 0 Å². The van der Waals surface area contributed by atoms with Gasteiger partial charge in [0.25, 0.3) is 0 Å². The van der Waals surface area contributed by atoms with Gasteiger partial charge in [0.15, 0.2) is 5.82 Å². The molecule has 0 aliphatic rings. The number of nitrogens with zero attached hydrogens (tertiary/aromatic N) is 2. The van der Waals surface area contributed by atoms with Crippen LogP contribution in [-0.4, -0.2) is 16.3 Å². The van der Waals surface area contributed by atoms with E-state index in [4.69, 9.17) is 0 Å². The van der Waals surface area contributed by atoms with Crippen molar-refractivity contribution in [3.05, 3.63) is 63.2 Å².